The Kier molecular flexibility index (Phi) is 3.41. The Labute approximate surface area is 104 Å². The van der Waals surface area contributed by atoms with Crippen molar-refractivity contribution in [3.05, 3.63) is 53.2 Å². The van der Waals surface area contributed by atoms with Gasteiger partial charge in [-0.25, -0.2) is 13.8 Å². The molecule has 0 atom stereocenters. The number of anilines is 2. The zero-order chi connectivity index (χ0) is 13.1. The molecule has 1 heterocycles. The first-order chi connectivity index (χ1) is 8.58. The molecule has 1 aromatic carbocycles. The van der Waals surface area contributed by atoms with Gasteiger partial charge in [0.2, 0.25) is 0 Å². The van der Waals surface area contributed by atoms with Gasteiger partial charge in [-0.1, -0.05) is 29.8 Å². The first-order valence-electron chi connectivity index (χ1n) is 5.47. The van der Waals surface area contributed by atoms with Crippen LogP contribution in [0, 0.1) is 18.6 Å². The average Bonchev–Trinajstić information content (AvgIpc) is 2.36. The Bertz CT molecular complexity index is 553. The Morgan fingerprint density at radius 1 is 1.22 bits per heavy atom. The van der Waals surface area contributed by atoms with Gasteiger partial charge in [0.15, 0.2) is 17.5 Å². The molecule has 0 saturated carbocycles. The molecule has 3 nitrogen and oxygen atoms in total. The summed E-state index contributed by atoms with van der Waals surface area (Å²) in [5, 5.41) is 2.69. The second kappa shape index (κ2) is 5.00. The highest BCUT2D eigenvalue weighted by Crippen LogP contribution is 2.22. The Morgan fingerprint density at radius 2 is 1.89 bits per heavy atom. The SMILES string of the molecule is Cc1ccc(CNc2c(F)cnc(N)c2F)cc1. The Morgan fingerprint density at radius 3 is 2.56 bits per heavy atom. The lowest BCUT2D eigenvalue weighted by Gasteiger charge is -2.09. The third kappa shape index (κ3) is 2.56. The molecule has 0 saturated heterocycles. The fourth-order valence-corrected chi connectivity index (χ4v) is 1.54. The summed E-state index contributed by atoms with van der Waals surface area (Å²) in [7, 11) is 0. The van der Waals surface area contributed by atoms with E-state index in [0.717, 1.165) is 17.3 Å². The van der Waals surface area contributed by atoms with E-state index in [1.807, 2.05) is 31.2 Å². The largest absolute Gasteiger partial charge is 0.381 e. The van der Waals surface area contributed by atoms with Crippen molar-refractivity contribution in [2.75, 3.05) is 11.1 Å². The number of nitrogens with one attached hydrogen (secondary N) is 1. The van der Waals surface area contributed by atoms with Gasteiger partial charge >= 0.3 is 0 Å². The molecule has 1 aromatic heterocycles. The van der Waals surface area contributed by atoms with E-state index in [9.17, 15) is 8.78 Å². The number of benzene rings is 1. The summed E-state index contributed by atoms with van der Waals surface area (Å²) in [6.07, 6.45) is 0.899. The molecule has 2 rings (SSSR count). The fourth-order valence-electron chi connectivity index (χ4n) is 1.54. The minimum Gasteiger partial charge on any atom is -0.381 e. The molecule has 0 unspecified atom stereocenters. The van der Waals surface area contributed by atoms with E-state index in [4.69, 9.17) is 5.73 Å². The molecule has 18 heavy (non-hydrogen) atoms. The number of rotatable bonds is 3. The third-order valence-electron chi connectivity index (χ3n) is 2.59. The van der Waals surface area contributed by atoms with Crippen LogP contribution in [-0.4, -0.2) is 4.98 Å². The van der Waals surface area contributed by atoms with Crippen molar-refractivity contribution in [3.63, 3.8) is 0 Å². The molecule has 0 aliphatic rings. The summed E-state index contributed by atoms with van der Waals surface area (Å²) in [5.41, 5.74) is 7.09. The summed E-state index contributed by atoms with van der Waals surface area (Å²) in [4.78, 5) is 3.39. The van der Waals surface area contributed by atoms with E-state index in [-0.39, 0.29) is 11.5 Å². The molecule has 0 radical (unpaired) electrons. The number of hydrogen-bond acceptors (Lipinski definition) is 3. The van der Waals surface area contributed by atoms with Gasteiger partial charge in [0.1, 0.15) is 5.69 Å². The van der Waals surface area contributed by atoms with Crippen molar-refractivity contribution in [2.45, 2.75) is 13.5 Å². The maximum atomic E-state index is 13.5. The summed E-state index contributed by atoms with van der Waals surface area (Å²) >= 11 is 0. The van der Waals surface area contributed by atoms with Crippen LogP contribution in [0.2, 0.25) is 0 Å². The van der Waals surface area contributed by atoms with Crippen LogP contribution in [0.1, 0.15) is 11.1 Å². The van der Waals surface area contributed by atoms with Gasteiger partial charge in [0.25, 0.3) is 0 Å². The van der Waals surface area contributed by atoms with Crippen LogP contribution < -0.4 is 11.1 Å². The zero-order valence-corrected chi connectivity index (χ0v) is 9.87. The van der Waals surface area contributed by atoms with Crippen molar-refractivity contribution in [1.29, 1.82) is 0 Å². The van der Waals surface area contributed by atoms with Crippen LogP contribution in [0.15, 0.2) is 30.5 Å². The second-order valence-electron chi connectivity index (χ2n) is 4.02. The predicted molar refractivity (Wildman–Crippen MR) is 67.1 cm³/mol. The van der Waals surface area contributed by atoms with Crippen molar-refractivity contribution >= 4 is 11.5 Å². The van der Waals surface area contributed by atoms with E-state index in [0.29, 0.717) is 6.54 Å². The number of aromatic nitrogens is 1. The molecule has 0 spiro atoms. The minimum absolute atomic E-state index is 0.247. The quantitative estimate of drug-likeness (QED) is 0.879. The molecule has 94 valence electrons. The normalized spacial score (nSPS) is 10.4. The summed E-state index contributed by atoms with van der Waals surface area (Å²) in [6, 6.07) is 7.65. The highest BCUT2D eigenvalue weighted by Gasteiger charge is 2.12. The number of nitrogens with zero attached hydrogens (tertiary/aromatic N) is 1. The van der Waals surface area contributed by atoms with E-state index < -0.39 is 11.6 Å². The number of halogens is 2. The Hall–Kier alpha value is -2.17. The maximum absolute atomic E-state index is 13.5. The van der Waals surface area contributed by atoms with Gasteiger partial charge in [0.05, 0.1) is 6.20 Å². The van der Waals surface area contributed by atoms with Crippen LogP contribution in [0.25, 0.3) is 0 Å². The van der Waals surface area contributed by atoms with Gasteiger partial charge in [-0.2, -0.15) is 0 Å². The lowest BCUT2D eigenvalue weighted by atomic mass is 10.1. The van der Waals surface area contributed by atoms with Gasteiger partial charge in [-0.3, -0.25) is 0 Å². The van der Waals surface area contributed by atoms with Crippen LogP contribution in [-0.2, 0) is 6.54 Å². The van der Waals surface area contributed by atoms with E-state index in [1.54, 1.807) is 0 Å². The fraction of sp³-hybridized carbons (Fsp3) is 0.154. The topological polar surface area (TPSA) is 50.9 Å². The molecule has 0 amide bonds. The van der Waals surface area contributed by atoms with E-state index in [2.05, 4.69) is 10.3 Å². The van der Waals surface area contributed by atoms with Crippen LogP contribution in [0.4, 0.5) is 20.3 Å². The van der Waals surface area contributed by atoms with Crippen molar-refractivity contribution in [3.8, 4) is 0 Å². The maximum Gasteiger partial charge on any atom is 0.191 e. The number of nitrogens with two attached hydrogens (primary N) is 1. The molecule has 2 aromatic rings. The summed E-state index contributed by atoms with van der Waals surface area (Å²) in [5.74, 6) is -1.93. The monoisotopic (exact) mass is 249 g/mol. The van der Waals surface area contributed by atoms with Gasteiger partial charge in [-0.15, -0.1) is 0 Å². The van der Waals surface area contributed by atoms with Crippen LogP contribution >= 0.6 is 0 Å². The van der Waals surface area contributed by atoms with Gasteiger partial charge in [-0.05, 0) is 12.5 Å². The first-order valence-corrected chi connectivity index (χ1v) is 5.47. The molecular formula is C13H13F2N3. The first kappa shape index (κ1) is 12.3. The lowest BCUT2D eigenvalue weighted by molar-refractivity contribution is 0.582. The number of aryl methyl sites for hydroxylation is 1. The van der Waals surface area contributed by atoms with Gasteiger partial charge < -0.3 is 11.1 Å². The third-order valence-corrected chi connectivity index (χ3v) is 2.59. The Balaban J connectivity index is 2.15. The molecule has 0 bridgehead atoms. The van der Waals surface area contributed by atoms with Crippen LogP contribution in [0.5, 0.6) is 0 Å². The smallest absolute Gasteiger partial charge is 0.191 e. The highest BCUT2D eigenvalue weighted by atomic mass is 19.1. The molecule has 0 aliphatic heterocycles. The molecule has 0 fully saturated rings. The number of pyridine rings is 1. The minimum atomic E-state index is -0.859. The average molecular weight is 249 g/mol. The summed E-state index contributed by atoms with van der Waals surface area (Å²) in [6.45, 7) is 2.29. The molecule has 3 N–H and O–H groups in total. The van der Waals surface area contributed by atoms with Crippen molar-refractivity contribution in [1.82, 2.24) is 4.98 Å². The van der Waals surface area contributed by atoms with Crippen molar-refractivity contribution < 1.29 is 8.78 Å². The summed E-state index contributed by atoms with van der Waals surface area (Å²) < 4.78 is 26.9. The van der Waals surface area contributed by atoms with E-state index >= 15 is 0 Å². The van der Waals surface area contributed by atoms with Gasteiger partial charge in [0, 0.05) is 6.54 Å². The zero-order valence-electron chi connectivity index (χ0n) is 9.87. The number of hydrogen-bond donors (Lipinski definition) is 2. The molecule has 0 aliphatic carbocycles. The number of nitrogen functional groups attached to an aromatic ring is 1. The predicted octanol–water partition coefficient (Wildman–Crippen LogP) is 2.86. The van der Waals surface area contributed by atoms with Crippen LogP contribution in [0.3, 0.4) is 0 Å². The molecular weight excluding hydrogens is 236 g/mol. The van der Waals surface area contributed by atoms with E-state index in [1.165, 1.54) is 0 Å². The van der Waals surface area contributed by atoms with Crippen molar-refractivity contribution in [2.24, 2.45) is 0 Å². The highest BCUT2D eigenvalue weighted by molar-refractivity contribution is 5.53. The standard InChI is InChI=1S/C13H13F2N3/c1-8-2-4-9(5-3-8)6-17-12-10(14)7-18-13(16)11(12)15/h2-5,7H,6H2,1H3,(H3,16,17,18). The molecule has 5 heteroatoms. The lowest BCUT2D eigenvalue weighted by Crippen LogP contribution is -2.07. The second-order valence-corrected chi connectivity index (χ2v) is 4.02.